The quantitative estimate of drug-likeness (QED) is 0.648. The Morgan fingerprint density at radius 3 is 2.90 bits per heavy atom. The highest BCUT2D eigenvalue weighted by Gasteiger charge is 2.05. The van der Waals surface area contributed by atoms with Crippen LogP contribution in [0.4, 0.5) is 0 Å². The van der Waals surface area contributed by atoms with Gasteiger partial charge < -0.3 is 4.74 Å². The first-order chi connectivity index (χ1) is 10.1. The fourth-order valence-corrected chi connectivity index (χ4v) is 2.97. The molecule has 0 aliphatic rings. The zero-order valence-electron chi connectivity index (χ0n) is 11.7. The number of nitrogens with one attached hydrogen (secondary N) is 1. The molecule has 110 valence electrons. The number of carbonyl (C=O) groups excluding carboxylic acids is 1. The van der Waals surface area contributed by atoms with Crippen molar-refractivity contribution in [2.45, 2.75) is 13.8 Å². The number of carbonyl (C=O) groups is 1. The highest BCUT2D eigenvalue weighted by atomic mass is 79.9. The number of amides is 1. The first-order valence-corrected chi connectivity index (χ1v) is 7.98. The molecule has 1 N–H and O–H groups in total. The molecule has 0 fully saturated rings. The number of hydrogen-bond acceptors (Lipinski definition) is 4. The van der Waals surface area contributed by atoms with Gasteiger partial charge in [0.1, 0.15) is 5.75 Å². The van der Waals surface area contributed by atoms with Crippen molar-refractivity contribution in [1.29, 1.82) is 0 Å². The monoisotopic (exact) mass is 366 g/mol. The number of benzene rings is 1. The minimum atomic E-state index is -0.298. The van der Waals surface area contributed by atoms with E-state index in [9.17, 15) is 4.79 Å². The molecule has 0 radical (unpaired) electrons. The molecule has 2 rings (SSSR count). The zero-order chi connectivity index (χ0) is 15.2. The first kappa shape index (κ1) is 15.7. The topological polar surface area (TPSA) is 50.7 Å². The van der Waals surface area contributed by atoms with Crippen molar-refractivity contribution in [1.82, 2.24) is 5.43 Å². The van der Waals surface area contributed by atoms with Crippen LogP contribution in [0.3, 0.4) is 0 Å². The summed E-state index contributed by atoms with van der Waals surface area (Å²) >= 11 is 4.98. The lowest BCUT2D eigenvalue weighted by atomic mass is 10.2. The van der Waals surface area contributed by atoms with Crippen molar-refractivity contribution in [3.05, 3.63) is 50.1 Å². The predicted molar refractivity (Wildman–Crippen MR) is 89.2 cm³/mol. The van der Waals surface area contributed by atoms with E-state index in [2.05, 4.69) is 26.5 Å². The Kier molecular flexibility index (Phi) is 5.52. The third-order valence-corrected chi connectivity index (χ3v) is 4.29. The van der Waals surface area contributed by atoms with Gasteiger partial charge >= 0.3 is 0 Å². The van der Waals surface area contributed by atoms with Crippen LogP contribution in [0.15, 0.2) is 39.2 Å². The fraction of sp³-hybridized carbons (Fsp3) is 0.200. The molecule has 21 heavy (non-hydrogen) atoms. The number of nitrogens with zero attached hydrogens (tertiary/aromatic N) is 1. The SMILES string of the molecule is Cc1ccc(OCC(=O)NN=Cc2sccc2C)c(Br)c1. The molecule has 6 heteroatoms. The van der Waals surface area contributed by atoms with Gasteiger partial charge in [-0.3, -0.25) is 4.79 Å². The second-order valence-electron chi connectivity index (χ2n) is 4.48. The molecule has 0 atom stereocenters. The number of aryl methyl sites for hydroxylation is 2. The average Bonchev–Trinajstić information content (AvgIpc) is 2.83. The van der Waals surface area contributed by atoms with Crippen LogP contribution in [0.25, 0.3) is 0 Å². The molecule has 0 bridgehead atoms. The molecule has 0 spiro atoms. The molecule has 1 amide bonds. The first-order valence-electron chi connectivity index (χ1n) is 6.31. The van der Waals surface area contributed by atoms with Crippen molar-refractivity contribution in [2.24, 2.45) is 5.10 Å². The molecule has 2 aromatic rings. The largest absolute Gasteiger partial charge is 0.483 e. The highest BCUT2D eigenvalue weighted by molar-refractivity contribution is 9.10. The van der Waals surface area contributed by atoms with E-state index < -0.39 is 0 Å². The summed E-state index contributed by atoms with van der Waals surface area (Å²) in [6.07, 6.45) is 1.64. The molecule has 1 aromatic heterocycles. The molecule has 1 heterocycles. The van der Waals surface area contributed by atoms with Crippen LogP contribution < -0.4 is 10.2 Å². The lowest BCUT2D eigenvalue weighted by Crippen LogP contribution is -2.24. The Labute approximate surface area is 136 Å². The van der Waals surface area contributed by atoms with E-state index in [1.807, 2.05) is 43.5 Å². The molecule has 0 saturated heterocycles. The Hall–Kier alpha value is -1.66. The maximum atomic E-state index is 11.6. The Bertz CT molecular complexity index is 667. The summed E-state index contributed by atoms with van der Waals surface area (Å²) < 4.78 is 6.26. The molecule has 1 aromatic carbocycles. The molecule has 4 nitrogen and oxygen atoms in total. The molecule has 0 saturated carbocycles. The maximum Gasteiger partial charge on any atom is 0.277 e. The number of ether oxygens (including phenoxy) is 1. The summed E-state index contributed by atoms with van der Waals surface area (Å²) in [4.78, 5) is 12.7. The summed E-state index contributed by atoms with van der Waals surface area (Å²) in [5.41, 5.74) is 4.70. The van der Waals surface area contributed by atoms with Gasteiger partial charge in [0.2, 0.25) is 0 Å². The van der Waals surface area contributed by atoms with Gasteiger partial charge in [-0.1, -0.05) is 6.07 Å². The summed E-state index contributed by atoms with van der Waals surface area (Å²) in [7, 11) is 0. The van der Waals surface area contributed by atoms with Crippen LogP contribution in [-0.2, 0) is 4.79 Å². The minimum Gasteiger partial charge on any atom is -0.483 e. The minimum absolute atomic E-state index is 0.0809. The third kappa shape index (κ3) is 4.68. The van der Waals surface area contributed by atoms with Gasteiger partial charge in [-0.25, -0.2) is 5.43 Å². The number of rotatable bonds is 5. The van der Waals surface area contributed by atoms with Gasteiger partial charge in [0.05, 0.1) is 10.7 Å². The number of thiophene rings is 1. The van der Waals surface area contributed by atoms with Gasteiger partial charge in [-0.2, -0.15) is 5.10 Å². The second-order valence-corrected chi connectivity index (χ2v) is 6.29. The van der Waals surface area contributed by atoms with Crippen LogP contribution in [0, 0.1) is 13.8 Å². The van der Waals surface area contributed by atoms with E-state index >= 15 is 0 Å². The normalized spacial score (nSPS) is 10.8. The Balaban J connectivity index is 1.82. The van der Waals surface area contributed by atoms with E-state index in [1.165, 1.54) is 0 Å². The van der Waals surface area contributed by atoms with Gasteiger partial charge in [-0.05, 0) is 64.5 Å². The smallest absolute Gasteiger partial charge is 0.277 e. The lowest BCUT2D eigenvalue weighted by Gasteiger charge is -2.07. The highest BCUT2D eigenvalue weighted by Crippen LogP contribution is 2.25. The number of hydrazone groups is 1. The molecule has 0 aliphatic carbocycles. The molecule has 0 unspecified atom stereocenters. The summed E-state index contributed by atoms with van der Waals surface area (Å²) in [5, 5.41) is 5.90. The average molecular weight is 367 g/mol. The van der Waals surface area contributed by atoms with Crippen molar-refractivity contribution in [3.63, 3.8) is 0 Å². The standard InChI is InChI=1S/C15H15BrN2O2S/c1-10-3-4-13(12(16)7-10)20-9-15(19)18-17-8-14-11(2)5-6-21-14/h3-8H,9H2,1-2H3,(H,18,19). The predicted octanol–water partition coefficient (Wildman–Crippen LogP) is 3.66. The van der Waals surface area contributed by atoms with E-state index in [1.54, 1.807) is 17.6 Å². The van der Waals surface area contributed by atoms with Gasteiger partial charge in [-0.15, -0.1) is 11.3 Å². The van der Waals surface area contributed by atoms with E-state index in [-0.39, 0.29) is 12.5 Å². The van der Waals surface area contributed by atoms with Crippen LogP contribution in [-0.4, -0.2) is 18.7 Å². The second kappa shape index (κ2) is 7.38. The van der Waals surface area contributed by atoms with Gasteiger partial charge in [0.25, 0.3) is 5.91 Å². The lowest BCUT2D eigenvalue weighted by molar-refractivity contribution is -0.123. The summed E-state index contributed by atoms with van der Waals surface area (Å²) in [5.74, 6) is 0.335. The zero-order valence-corrected chi connectivity index (χ0v) is 14.1. The maximum absolute atomic E-state index is 11.6. The Morgan fingerprint density at radius 2 is 2.24 bits per heavy atom. The van der Waals surface area contributed by atoms with Crippen LogP contribution >= 0.6 is 27.3 Å². The Morgan fingerprint density at radius 1 is 1.43 bits per heavy atom. The van der Waals surface area contributed by atoms with Crippen LogP contribution in [0.1, 0.15) is 16.0 Å². The van der Waals surface area contributed by atoms with Crippen molar-refractivity contribution in [3.8, 4) is 5.75 Å². The molecule has 0 aliphatic heterocycles. The summed E-state index contributed by atoms with van der Waals surface area (Å²) in [6, 6.07) is 7.69. The molecular weight excluding hydrogens is 352 g/mol. The van der Waals surface area contributed by atoms with Crippen molar-refractivity contribution in [2.75, 3.05) is 6.61 Å². The van der Waals surface area contributed by atoms with Crippen LogP contribution in [0.2, 0.25) is 0 Å². The fourth-order valence-electron chi connectivity index (χ4n) is 1.58. The van der Waals surface area contributed by atoms with E-state index in [0.29, 0.717) is 5.75 Å². The van der Waals surface area contributed by atoms with Gasteiger partial charge in [0.15, 0.2) is 6.61 Å². The third-order valence-electron chi connectivity index (χ3n) is 2.72. The van der Waals surface area contributed by atoms with Crippen molar-refractivity contribution >= 4 is 39.4 Å². The number of halogens is 1. The van der Waals surface area contributed by atoms with Crippen molar-refractivity contribution < 1.29 is 9.53 Å². The van der Waals surface area contributed by atoms with Gasteiger partial charge in [0, 0.05) is 4.88 Å². The van der Waals surface area contributed by atoms with E-state index in [0.717, 1.165) is 20.5 Å². The molecular formula is C15H15BrN2O2S. The summed E-state index contributed by atoms with van der Waals surface area (Å²) in [6.45, 7) is 3.91. The van der Waals surface area contributed by atoms with E-state index in [4.69, 9.17) is 4.74 Å². The number of hydrogen-bond donors (Lipinski definition) is 1. The van der Waals surface area contributed by atoms with Crippen LogP contribution in [0.5, 0.6) is 5.75 Å².